The molecule has 0 aliphatic heterocycles. The molecule has 2 rings (SSSR count). The highest BCUT2D eigenvalue weighted by atomic mass is 35.5. The largest absolute Gasteiger partial charge is 0.203 e. The van der Waals surface area contributed by atoms with Crippen LogP contribution in [0.2, 0.25) is 4.34 Å². The van der Waals surface area contributed by atoms with Crippen LogP contribution in [0.1, 0.15) is 21.4 Å². The molecule has 108 valence electrons. The maximum Gasteiger partial charge on any atom is 0.200 e. The molecule has 0 spiro atoms. The minimum absolute atomic E-state index is 0.192. The zero-order valence-electron chi connectivity index (χ0n) is 9.71. The Morgan fingerprint density at radius 2 is 1.40 bits per heavy atom. The maximum absolute atomic E-state index is 13.6. The topological polar surface area (TPSA) is 0 Å². The van der Waals surface area contributed by atoms with Gasteiger partial charge in [-0.05, 0) is 18.6 Å². The standard InChI is InChI=1S/C12H5Cl2F5S/c1-3-2-4(20-12(3)14)6(13)5-7(15)9(17)11(19)10(18)8(5)16/h2,6H,1H3. The van der Waals surface area contributed by atoms with Crippen molar-refractivity contribution >= 4 is 34.5 Å². The average Bonchev–Trinajstić information content (AvgIpc) is 2.74. The van der Waals surface area contributed by atoms with E-state index in [0.717, 1.165) is 11.3 Å². The van der Waals surface area contributed by atoms with E-state index in [9.17, 15) is 22.0 Å². The molecule has 0 aliphatic rings. The molecule has 0 aliphatic carbocycles. The summed E-state index contributed by atoms with van der Waals surface area (Å²) in [6, 6.07) is 1.43. The van der Waals surface area contributed by atoms with Crippen molar-refractivity contribution in [3.05, 3.63) is 55.5 Å². The SMILES string of the molecule is Cc1cc(C(Cl)c2c(F)c(F)c(F)c(F)c2F)sc1Cl. The number of thiophene rings is 1. The number of aryl methyl sites for hydroxylation is 1. The first kappa shape index (κ1) is 15.5. The van der Waals surface area contributed by atoms with Gasteiger partial charge in [0.15, 0.2) is 23.3 Å². The number of benzene rings is 1. The molecular weight excluding hydrogens is 342 g/mol. The first-order valence-corrected chi connectivity index (χ1v) is 6.80. The van der Waals surface area contributed by atoms with Crippen LogP contribution in [0.25, 0.3) is 0 Å². The predicted molar refractivity (Wildman–Crippen MR) is 68.0 cm³/mol. The van der Waals surface area contributed by atoms with Gasteiger partial charge in [-0.25, -0.2) is 22.0 Å². The van der Waals surface area contributed by atoms with Crippen LogP contribution in [-0.4, -0.2) is 0 Å². The first-order valence-electron chi connectivity index (χ1n) is 5.17. The minimum Gasteiger partial charge on any atom is -0.203 e. The zero-order valence-corrected chi connectivity index (χ0v) is 12.0. The van der Waals surface area contributed by atoms with Crippen molar-refractivity contribution in [3.8, 4) is 0 Å². The van der Waals surface area contributed by atoms with E-state index in [1.807, 2.05) is 0 Å². The molecule has 0 saturated carbocycles. The van der Waals surface area contributed by atoms with Crippen molar-refractivity contribution in [2.45, 2.75) is 12.3 Å². The third kappa shape index (κ3) is 2.40. The molecule has 0 radical (unpaired) electrons. The normalized spacial score (nSPS) is 12.8. The molecule has 0 nitrogen and oxygen atoms in total. The van der Waals surface area contributed by atoms with Crippen LogP contribution in [0.3, 0.4) is 0 Å². The summed E-state index contributed by atoms with van der Waals surface area (Å²) in [5.41, 5.74) is -0.484. The molecule has 8 heteroatoms. The third-order valence-corrected chi connectivity index (χ3v) is 4.83. The summed E-state index contributed by atoms with van der Waals surface area (Å²) in [5.74, 6) is -10.1. The number of alkyl halides is 1. The summed E-state index contributed by atoms with van der Waals surface area (Å²) in [6.45, 7) is 1.63. The van der Waals surface area contributed by atoms with Gasteiger partial charge in [-0.3, -0.25) is 0 Å². The fraction of sp³-hybridized carbons (Fsp3) is 0.167. The summed E-state index contributed by atoms with van der Waals surface area (Å²) in [7, 11) is 0. The van der Waals surface area contributed by atoms with Crippen LogP contribution in [0.15, 0.2) is 6.07 Å². The summed E-state index contributed by atoms with van der Waals surface area (Å²) in [5, 5.41) is -1.52. The number of halogens is 7. The molecular formula is C12H5Cl2F5S. The van der Waals surface area contributed by atoms with Crippen LogP contribution in [0.5, 0.6) is 0 Å². The summed E-state index contributed by atoms with van der Waals surface area (Å²) < 4.78 is 66.7. The third-order valence-electron chi connectivity index (χ3n) is 2.62. The van der Waals surface area contributed by atoms with E-state index in [-0.39, 0.29) is 4.88 Å². The van der Waals surface area contributed by atoms with Crippen LogP contribution in [-0.2, 0) is 0 Å². The van der Waals surface area contributed by atoms with Gasteiger partial charge in [0.25, 0.3) is 0 Å². The molecule has 1 aromatic heterocycles. The Morgan fingerprint density at radius 3 is 1.80 bits per heavy atom. The maximum atomic E-state index is 13.6. The monoisotopic (exact) mass is 346 g/mol. The van der Waals surface area contributed by atoms with Crippen LogP contribution in [0.4, 0.5) is 22.0 Å². The van der Waals surface area contributed by atoms with E-state index in [1.54, 1.807) is 6.92 Å². The fourth-order valence-electron chi connectivity index (χ4n) is 1.60. The molecule has 1 atom stereocenters. The molecule has 1 aromatic carbocycles. The predicted octanol–water partition coefficient (Wildman–Crippen LogP) is 5.73. The molecule has 0 amide bonds. The molecule has 0 N–H and O–H groups in total. The fourth-order valence-corrected chi connectivity index (χ4v) is 3.19. The van der Waals surface area contributed by atoms with Crippen molar-refractivity contribution in [2.75, 3.05) is 0 Å². The molecule has 0 bridgehead atoms. The molecule has 1 unspecified atom stereocenters. The van der Waals surface area contributed by atoms with Crippen molar-refractivity contribution in [1.82, 2.24) is 0 Å². The number of hydrogen-bond donors (Lipinski definition) is 0. The first-order chi connectivity index (χ1) is 9.25. The highest BCUT2D eigenvalue weighted by molar-refractivity contribution is 7.16. The van der Waals surface area contributed by atoms with E-state index in [2.05, 4.69) is 0 Å². The van der Waals surface area contributed by atoms with Crippen molar-refractivity contribution in [1.29, 1.82) is 0 Å². The number of rotatable bonds is 2. The van der Waals surface area contributed by atoms with Gasteiger partial charge in [0, 0.05) is 4.88 Å². The quantitative estimate of drug-likeness (QED) is 0.282. The Balaban J connectivity index is 2.63. The van der Waals surface area contributed by atoms with Gasteiger partial charge in [-0.1, -0.05) is 11.6 Å². The van der Waals surface area contributed by atoms with E-state index in [0.29, 0.717) is 9.90 Å². The second kappa shape index (κ2) is 5.50. The molecule has 2 aromatic rings. The summed E-state index contributed by atoms with van der Waals surface area (Å²) >= 11 is 12.5. The lowest BCUT2D eigenvalue weighted by molar-refractivity contribution is 0.371. The minimum atomic E-state index is -2.21. The molecule has 0 fully saturated rings. The van der Waals surface area contributed by atoms with Gasteiger partial charge < -0.3 is 0 Å². The van der Waals surface area contributed by atoms with Gasteiger partial charge in [-0.2, -0.15) is 0 Å². The highest BCUT2D eigenvalue weighted by Gasteiger charge is 2.31. The van der Waals surface area contributed by atoms with Crippen LogP contribution < -0.4 is 0 Å². The Kier molecular flexibility index (Phi) is 4.27. The van der Waals surface area contributed by atoms with Gasteiger partial charge in [0.1, 0.15) is 0 Å². The van der Waals surface area contributed by atoms with Gasteiger partial charge in [0.05, 0.1) is 15.3 Å². The Bertz CT molecular complexity index is 634. The van der Waals surface area contributed by atoms with E-state index in [4.69, 9.17) is 23.2 Å². The van der Waals surface area contributed by atoms with Gasteiger partial charge in [0.2, 0.25) is 5.82 Å². The number of hydrogen-bond acceptors (Lipinski definition) is 1. The molecule has 0 saturated heterocycles. The van der Waals surface area contributed by atoms with Crippen LogP contribution in [0, 0.1) is 36.0 Å². The lowest BCUT2D eigenvalue weighted by Crippen LogP contribution is -2.09. The van der Waals surface area contributed by atoms with Crippen molar-refractivity contribution in [3.63, 3.8) is 0 Å². The lowest BCUT2D eigenvalue weighted by atomic mass is 10.1. The van der Waals surface area contributed by atoms with Crippen molar-refractivity contribution in [2.24, 2.45) is 0 Å². The van der Waals surface area contributed by atoms with E-state index >= 15 is 0 Å². The Morgan fingerprint density at radius 1 is 0.950 bits per heavy atom. The highest BCUT2D eigenvalue weighted by Crippen LogP contribution is 2.40. The zero-order chi connectivity index (χ0) is 15.2. The Hall–Kier alpha value is -0.850. The second-order valence-corrected chi connectivity index (χ2v) is 6.07. The second-order valence-electron chi connectivity index (χ2n) is 3.95. The molecule has 20 heavy (non-hydrogen) atoms. The van der Waals surface area contributed by atoms with Crippen molar-refractivity contribution < 1.29 is 22.0 Å². The van der Waals surface area contributed by atoms with E-state index in [1.165, 1.54) is 6.07 Å². The average molecular weight is 347 g/mol. The Labute approximate surface area is 124 Å². The van der Waals surface area contributed by atoms with Crippen LogP contribution >= 0.6 is 34.5 Å². The smallest absolute Gasteiger partial charge is 0.200 e. The van der Waals surface area contributed by atoms with Gasteiger partial charge in [-0.15, -0.1) is 22.9 Å². The molecule has 1 heterocycles. The lowest BCUT2D eigenvalue weighted by Gasteiger charge is -2.12. The van der Waals surface area contributed by atoms with Gasteiger partial charge >= 0.3 is 0 Å². The van der Waals surface area contributed by atoms with E-state index < -0.39 is 40.0 Å². The summed E-state index contributed by atoms with van der Waals surface area (Å²) in [6.07, 6.45) is 0. The summed E-state index contributed by atoms with van der Waals surface area (Å²) in [4.78, 5) is 0.192.